The fourth-order valence-electron chi connectivity index (χ4n) is 2.16. The molecule has 2 atom stereocenters. The lowest BCUT2D eigenvalue weighted by Gasteiger charge is -2.12. The summed E-state index contributed by atoms with van der Waals surface area (Å²) in [4.78, 5) is 0. The summed E-state index contributed by atoms with van der Waals surface area (Å²) < 4.78 is 1.12. The van der Waals surface area contributed by atoms with Gasteiger partial charge in [-0.3, -0.25) is 0 Å². The molecule has 0 heterocycles. The number of benzene rings is 1. The molecular weight excluding hydrogens is 252 g/mol. The van der Waals surface area contributed by atoms with Gasteiger partial charge in [-0.2, -0.15) is 0 Å². The molecule has 2 rings (SSSR count). The van der Waals surface area contributed by atoms with E-state index in [0.717, 1.165) is 16.9 Å². The fraction of sp³-hybridized carbons (Fsp3) is 0.500. The Labute approximate surface area is 99.4 Å². The van der Waals surface area contributed by atoms with Gasteiger partial charge in [0.1, 0.15) is 0 Å². The molecule has 3 N–H and O–H groups in total. The number of hydrogen-bond donors (Lipinski definition) is 2. The van der Waals surface area contributed by atoms with Crippen LogP contribution in [-0.4, -0.2) is 12.6 Å². The second-order valence-electron chi connectivity index (χ2n) is 4.33. The Morgan fingerprint density at radius 2 is 2.27 bits per heavy atom. The van der Waals surface area contributed by atoms with Crippen LogP contribution in [0.2, 0.25) is 0 Å². The predicted octanol–water partition coefficient (Wildman–Crippen LogP) is 2.99. The largest absolute Gasteiger partial charge is 0.385 e. The van der Waals surface area contributed by atoms with E-state index in [-0.39, 0.29) is 0 Å². The summed E-state index contributed by atoms with van der Waals surface area (Å²) in [6.45, 7) is 1.05. The molecule has 1 aliphatic rings. The molecule has 0 amide bonds. The van der Waals surface area contributed by atoms with Gasteiger partial charge in [0.15, 0.2) is 0 Å². The van der Waals surface area contributed by atoms with Crippen LogP contribution in [-0.2, 0) is 0 Å². The van der Waals surface area contributed by atoms with Gasteiger partial charge in [0.2, 0.25) is 0 Å². The highest BCUT2D eigenvalue weighted by Gasteiger charge is 2.21. The summed E-state index contributed by atoms with van der Waals surface area (Å²) >= 11 is 3.47. The summed E-state index contributed by atoms with van der Waals surface area (Å²) in [5.41, 5.74) is 7.07. The van der Waals surface area contributed by atoms with E-state index in [1.807, 2.05) is 12.1 Å². The maximum Gasteiger partial charge on any atom is 0.0351 e. The van der Waals surface area contributed by atoms with Crippen molar-refractivity contribution in [1.82, 2.24) is 0 Å². The average Bonchev–Trinajstić information content (AvgIpc) is 2.62. The molecular formula is C12H17BrN2. The van der Waals surface area contributed by atoms with E-state index in [2.05, 4.69) is 33.4 Å². The van der Waals surface area contributed by atoms with Crippen LogP contribution in [0.1, 0.15) is 19.3 Å². The third-order valence-corrected chi connectivity index (χ3v) is 3.49. The third-order valence-electron chi connectivity index (χ3n) is 3.00. The van der Waals surface area contributed by atoms with Gasteiger partial charge in [0.25, 0.3) is 0 Å². The molecule has 1 aromatic rings. The summed E-state index contributed by atoms with van der Waals surface area (Å²) in [6.07, 6.45) is 3.62. The first-order valence-corrected chi connectivity index (χ1v) is 6.28. The Morgan fingerprint density at radius 1 is 1.40 bits per heavy atom. The number of halogens is 1. The van der Waals surface area contributed by atoms with E-state index < -0.39 is 0 Å². The summed E-state index contributed by atoms with van der Waals surface area (Å²) in [6, 6.07) is 8.72. The topological polar surface area (TPSA) is 38.0 Å². The van der Waals surface area contributed by atoms with Gasteiger partial charge in [-0.25, -0.2) is 0 Å². The molecule has 1 fully saturated rings. The van der Waals surface area contributed by atoms with Gasteiger partial charge in [-0.1, -0.05) is 22.0 Å². The van der Waals surface area contributed by atoms with Crippen LogP contribution < -0.4 is 11.1 Å². The van der Waals surface area contributed by atoms with Crippen molar-refractivity contribution in [2.45, 2.75) is 25.3 Å². The molecule has 1 saturated carbocycles. The Hall–Kier alpha value is -0.540. The zero-order valence-corrected chi connectivity index (χ0v) is 10.3. The predicted molar refractivity (Wildman–Crippen MR) is 67.9 cm³/mol. The molecule has 0 aliphatic heterocycles. The molecule has 0 radical (unpaired) electrons. The van der Waals surface area contributed by atoms with Crippen LogP contribution in [0.25, 0.3) is 0 Å². The van der Waals surface area contributed by atoms with Crippen molar-refractivity contribution in [2.75, 3.05) is 11.9 Å². The van der Waals surface area contributed by atoms with Gasteiger partial charge in [-0.05, 0) is 43.4 Å². The second kappa shape index (κ2) is 4.99. The number of nitrogens with two attached hydrogens (primary N) is 1. The number of nitrogens with one attached hydrogen (secondary N) is 1. The Morgan fingerprint density at radius 3 is 2.93 bits per heavy atom. The van der Waals surface area contributed by atoms with E-state index >= 15 is 0 Å². The van der Waals surface area contributed by atoms with E-state index in [9.17, 15) is 0 Å². The number of anilines is 1. The summed E-state index contributed by atoms with van der Waals surface area (Å²) in [7, 11) is 0. The van der Waals surface area contributed by atoms with Crippen molar-refractivity contribution < 1.29 is 0 Å². The molecule has 0 aromatic heterocycles. The summed E-state index contributed by atoms with van der Waals surface area (Å²) in [5, 5.41) is 3.46. The van der Waals surface area contributed by atoms with Crippen molar-refractivity contribution in [3.63, 3.8) is 0 Å². The normalized spacial score (nSPS) is 25.5. The monoisotopic (exact) mass is 268 g/mol. The lowest BCUT2D eigenvalue weighted by Crippen LogP contribution is -2.17. The molecule has 0 saturated heterocycles. The smallest absolute Gasteiger partial charge is 0.0351 e. The Kier molecular flexibility index (Phi) is 3.65. The molecule has 0 spiro atoms. The Balaban J connectivity index is 1.83. The fourth-order valence-corrected chi connectivity index (χ4v) is 2.56. The van der Waals surface area contributed by atoms with Crippen LogP contribution >= 0.6 is 15.9 Å². The van der Waals surface area contributed by atoms with Crippen molar-refractivity contribution in [2.24, 2.45) is 11.7 Å². The highest BCUT2D eigenvalue weighted by atomic mass is 79.9. The van der Waals surface area contributed by atoms with E-state index in [0.29, 0.717) is 6.04 Å². The quantitative estimate of drug-likeness (QED) is 0.885. The minimum absolute atomic E-state index is 0.430. The van der Waals surface area contributed by atoms with Crippen molar-refractivity contribution >= 4 is 21.6 Å². The lowest BCUT2D eigenvalue weighted by molar-refractivity contribution is 0.566. The zero-order valence-electron chi connectivity index (χ0n) is 8.75. The minimum Gasteiger partial charge on any atom is -0.385 e. The maximum atomic E-state index is 5.88. The van der Waals surface area contributed by atoms with Gasteiger partial charge in [0, 0.05) is 22.7 Å². The van der Waals surface area contributed by atoms with Crippen LogP contribution in [0, 0.1) is 5.92 Å². The zero-order chi connectivity index (χ0) is 10.7. The van der Waals surface area contributed by atoms with Gasteiger partial charge in [0.05, 0.1) is 0 Å². The molecule has 1 aliphatic carbocycles. The van der Waals surface area contributed by atoms with E-state index in [4.69, 9.17) is 5.73 Å². The van der Waals surface area contributed by atoms with Gasteiger partial charge in [-0.15, -0.1) is 0 Å². The molecule has 2 unspecified atom stereocenters. The van der Waals surface area contributed by atoms with Crippen molar-refractivity contribution in [3.8, 4) is 0 Å². The SMILES string of the molecule is NC1CCC(CNc2cccc(Br)c2)C1. The molecule has 3 heteroatoms. The molecule has 15 heavy (non-hydrogen) atoms. The Bertz CT molecular complexity index is 327. The standard InChI is InChI=1S/C12H17BrN2/c13-10-2-1-3-12(7-10)15-8-9-4-5-11(14)6-9/h1-3,7,9,11,15H,4-6,8,14H2. The van der Waals surface area contributed by atoms with Crippen LogP contribution in [0.5, 0.6) is 0 Å². The van der Waals surface area contributed by atoms with Crippen LogP contribution in [0.15, 0.2) is 28.7 Å². The highest BCUT2D eigenvalue weighted by molar-refractivity contribution is 9.10. The first-order chi connectivity index (χ1) is 7.24. The third kappa shape index (κ3) is 3.21. The van der Waals surface area contributed by atoms with Crippen LogP contribution in [0.4, 0.5) is 5.69 Å². The first-order valence-electron chi connectivity index (χ1n) is 5.49. The van der Waals surface area contributed by atoms with E-state index in [1.54, 1.807) is 0 Å². The molecule has 82 valence electrons. The molecule has 1 aromatic carbocycles. The molecule has 2 nitrogen and oxygen atoms in total. The average molecular weight is 269 g/mol. The number of rotatable bonds is 3. The minimum atomic E-state index is 0.430. The first kappa shape index (κ1) is 11.0. The maximum absolute atomic E-state index is 5.88. The highest BCUT2D eigenvalue weighted by Crippen LogP contribution is 2.24. The van der Waals surface area contributed by atoms with Crippen LogP contribution in [0.3, 0.4) is 0 Å². The van der Waals surface area contributed by atoms with E-state index in [1.165, 1.54) is 24.9 Å². The lowest BCUT2D eigenvalue weighted by atomic mass is 10.1. The number of hydrogen-bond acceptors (Lipinski definition) is 2. The van der Waals surface area contributed by atoms with Gasteiger partial charge < -0.3 is 11.1 Å². The summed E-state index contributed by atoms with van der Waals surface area (Å²) in [5.74, 6) is 0.749. The second-order valence-corrected chi connectivity index (χ2v) is 5.25. The molecule has 0 bridgehead atoms. The van der Waals surface area contributed by atoms with Gasteiger partial charge >= 0.3 is 0 Å². The van der Waals surface area contributed by atoms with Crippen molar-refractivity contribution in [3.05, 3.63) is 28.7 Å². The van der Waals surface area contributed by atoms with Crippen molar-refractivity contribution in [1.29, 1.82) is 0 Å².